The van der Waals surface area contributed by atoms with Crippen LogP contribution in [0.5, 0.6) is 11.5 Å². The van der Waals surface area contributed by atoms with E-state index in [-0.39, 0.29) is 46.0 Å². The second-order valence-corrected chi connectivity index (χ2v) is 4.74. The van der Waals surface area contributed by atoms with E-state index >= 15 is 0 Å². The van der Waals surface area contributed by atoms with Crippen LogP contribution >= 0.6 is 0 Å². The first kappa shape index (κ1) is 14.3. The third-order valence-electron chi connectivity index (χ3n) is 2.19. The number of hydrogen-bond donors (Lipinski definition) is 3. The molecule has 0 aliphatic rings. The number of rotatable bonds is 1. The fourth-order valence-electron chi connectivity index (χ4n) is 1.45. The largest absolute Gasteiger partial charge is 0.508 e. The molecule has 2 aromatic carbocycles. The Hall–Kier alpha value is -0.790. The molecule has 3 N–H and O–H groups in total. The molecule has 0 aliphatic heterocycles. The maximum atomic E-state index is 10.9. The monoisotopic (exact) mass is 263 g/mol. The van der Waals surface area contributed by atoms with E-state index in [0.717, 1.165) is 6.07 Å². The van der Waals surface area contributed by atoms with E-state index in [1.807, 2.05) is 0 Å². The van der Waals surface area contributed by atoms with Gasteiger partial charge < -0.3 is 10.2 Å². The van der Waals surface area contributed by atoms with Gasteiger partial charge in [-0.3, -0.25) is 4.55 Å². The minimum Gasteiger partial charge on any atom is -0.508 e. The number of phenols is 2. The molecule has 5 nitrogen and oxygen atoms in total. The average Bonchev–Trinajstić information content (AvgIpc) is 2.17. The summed E-state index contributed by atoms with van der Waals surface area (Å²) < 4.78 is 30.6. The van der Waals surface area contributed by atoms with Crippen LogP contribution in [-0.2, 0) is 10.1 Å². The summed E-state index contributed by atoms with van der Waals surface area (Å²) >= 11 is 0. The molecule has 0 aliphatic carbocycles. The molecule has 2 aromatic rings. The van der Waals surface area contributed by atoms with Crippen LogP contribution in [-0.4, -0.2) is 52.7 Å². The van der Waals surface area contributed by atoms with Crippen LogP contribution in [0.2, 0.25) is 0 Å². The normalized spacial score (nSPS) is 11.1. The summed E-state index contributed by atoms with van der Waals surface area (Å²) in [5, 5.41) is 19.5. The van der Waals surface area contributed by atoms with E-state index in [1.54, 1.807) is 0 Å². The summed E-state index contributed by atoms with van der Waals surface area (Å²) in [6.07, 6.45) is 0. The molecule has 0 saturated carbocycles. The summed E-state index contributed by atoms with van der Waals surface area (Å²) in [6, 6.07) is 6.24. The molecule has 17 heavy (non-hydrogen) atoms. The molecule has 0 saturated heterocycles. The summed E-state index contributed by atoms with van der Waals surface area (Å²) in [6.45, 7) is 0. The molecule has 0 spiro atoms. The molecule has 0 amide bonds. The summed E-state index contributed by atoms with van der Waals surface area (Å²) in [4.78, 5) is -0.386. The van der Waals surface area contributed by atoms with Crippen molar-refractivity contribution in [3.63, 3.8) is 0 Å². The zero-order valence-corrected chi connectivity index (χ0v) is 11.8. The summed E-state index contributed by atoms with van der Waals surface area (Å²) in [5.74, 6) is -0.358. The van der Waals surface area contributed by atoms with Crippen molar-refractivity contribution < 1.29 is 23.2 Å². The minimum absolute atomic E-state index is 0. The molecule has 0 aromatic heterocycles. The van der Waals surface area contributed by atoms with Crippen molar-refractivity contribution in [2.45, 2.75) is 4.90 Å². The van der Waals surface area contributed by atoms with Crippen molar-refractivity contribution in [2.24, 2.45) is 0 Å². The van der Waals surface area contributed by atoms with Crippen LogP contribution in [0.1, 0.15) is 0 Å². The van der Waals surface area contributed by atoms with E-state index in [9.17, 15) is 18.6 Å². The van der Waals surface area contributed by atoms with Gasteiger partial charge >= 0.3 is 0 Å². The van der Waals surface area contributed by atoms with Crippen LogP contribution in [0.4, 0.5) is 0 Å². The SMILES string of the molecule is O=S(=O)(O)c1cc(O)c2cc(O)ccc2c1.[Na]. The van der Waals surface area contributed by atoms with Gasteiger partial charge in [0.2, 0.25) is 0 Å². The van der Waals surface area contributed by atoms with E-state index in [0.29, 0.717) is 10.8 Å². The van der Waals surface area contributed by atoms with E-state index in [1.165, 1.54) is 24.3 Å². The molecule has 85 valence electrons. The van der Waals surface area contributed by atoms with Gasteiger partial charge in [0, 0.05) is 41.0 Å². The number of phenolic OH excluding ortho intramolecular Hbond substituents is 2. The van der Waals surface area contributed by atoms with E-state index in [2.05, 4.69) is 0 Å². The molecule has 7 heteroatoms. The molecule has 0 fully saturated rings. The van der Waals surface area contributed by atoms with Crippen LogP contribution in [0, 0.1) is 0 Å². The predicted octanol–water partition coefficient (Wildman–Crippen LogP) is 1.12. The van der Waals surface area contributed by atoms with E-state index < -0.39 is 10.1 Å². The van der Waals surface area contributed by atoms with E-state index in [4.69, 9.17) is 4.55 Å². The van der Waals surface area contributed by atoms with Crippen molar-refractivity contribution in [1.29, 1.82) is 0 Å². The van der Waals surface area contributed by atoms with Gasteiger partial charge in [0.15, 0.2) is 0 Å². The van der Waals surface area contributed by atoms with Crippen molar-refractivity contribution >= 4 is 50.4 Å². The predicted molar refractivity (Wildman–Crippen MR) is 62.8 cm³/mol. The Morgan fingerprint density at radius 1 is 1.00 bits per heavy atom. The van der Waals surface area contributed by atoms with Gasteiger partial charge in [0.1, 0.15) is 11.5 Å². The number of hydrogen-bond acceptors (Lipinski definition) is 4. The molecule has 0 heterocycles. The fraction of sp³-hybridized carbons (Fsp3) is 0. The van der Waals surface area contributed by atoms with Gasteiger partial charge in [-0.1, -0.05) is 6.07 Å². The van der Waals surface area contributed by atoms with Crippen molar-refractivity contribution in [2.75, 3.05) is 0 Å². The fourth-order valence-corrected chi connectivity index (χ4v) is 1.98. The average molecular weight is 263 g/mol. The van der Waals surface area contributed by atoms with Crippen molar-refractivity contribution in [3.8, 4) is 11.5 Å². The van der Waals surface area contributed by atoms with Crippen LogP contribution in [0.3, 0.4) is 0 Å². The number of aromatic hydroxyl groups is 2. The second kappa shape index (κ2) is 4.83. The Bertz CT molecular complexity index is 666. The summed E-state index contributed by atoms with van der Waals surface area (Å²) in [5.41, 5.74) is 0. The zero-order chi connectivity index (χ0) is 11.9. The van der Waals surface area contributed by atoms with Crippen LogP contribution < -0.4 is 0 Å². The third-order valence-corrected chi connectivity index (χ3v) is 3.02. The number of fused-ring (bicyclic) bond motifs is 1. The van der Waals surface area contributed by atoms with Gasteiger partial charge in [0.05, 0.1) is 4.90 Å². The number of benzene rings is 2. The first-order valence-electron chi connectivity index (χ1n) is 4.31. The maximum Gasteiger partial charge on any atom is 0.294 e. The maximum absolute atomic E-state index is 10.9. The molecule has 0 bridgehead atoms. The van der Waals surface area contributed by atoms with Crippen molar-refractivity contribution in [1.82, 2.24) is 0 Å². The first-order chi connectivity index (χ1) is 7.38. The Kier molecular flexibility index (Phi) is 4.06. The Balaban J connectivity index is 0.00000144. The molecular formula is C10H8NaO5S. The smallest absolute Gasteiger partial charge is 0.294 e. The van der Waals surface area contributed by atoms with Gasteiger partial charge in [-0.2, -0.15) is 8.42 Å². The minimum atomic E-state index is -4.35. The van der Waals surface area contributed by atoms with Crippen LogP contribution in [0.25, 0.3) is 10.8 Å². The van der Waals surface area contributed by atoms with Crippen LogP contribution in [0.15, 0.2) is 35.2 Å². The molecule has 0 atom stereocenters. The third kappa shape index (κ3) is 2.91. The van der Waals surface area contributed by atoms with Crippen molar-refractivity contribution in [3.05, 3.63) is 30.3 Å². The van der Waals surface area contributed by atoms with Gasteiger partial charge in [-0.25, -0.2) is 0 Å². The van der Waals surface area contributed by atoms with Gasteiger partial charge in [0.25, 0.3) is 10.1 Å². The summed E-state index contributed by atoms with van der Waals surface area (Å²) in [7, 11) is -4.35. The van der Waals surface area contributed by atoms with Gasteiger partial charge in [-0.05, 0) is 23.6 Å². The molecule has 1 radical (unpaired) electrons. The standard InChI is InChI=1S/C10H8O5S.Na/c11-7-2-1-6-3-8(16(13,14)15)5-10(12)9(6)4-7;/h1-5,11-12H,(H,13,14,15);. The first-order valence-corrected chi connectivity index (χ1v) is 5.75. The Morgan fingerprint density at radius 3 is 2.24 bits per heavy atom. The van der Waals surface area contributed by atoms with Gasteiger partial charge in [-0.15, -0.1) is 0 Å². The quantitative estimate of drug-likeness (QED) is 0.529. The molecule has 2 rings (SSSR count). The Morgan fingerprint density at radius 2 is 1.65 bits per heavy atom. The zero-order valence-electron chi connectivity index (χ0n) is 8.95. The topological polar surface area (TPSA) is 94.8 Å². The second-order valence-electron chi connectivity index (χ2n) is 3.32. The molecule has 0 unspecified atom stereocenters. The molecular weight excluding hydrogens is 255 g/mol. The Labute approximate surface area is 120 Å².